The summed E-state index contributed by atoms with van der Waals surface area (Å²) < 4.78 is 1.52. The molecule has 1 atom stereocenters. The van der Waals surface area contributed by atoms with Gasteiger partial charge in [0.05, 0.1) is 5.69 Å². The summed E-state index contributed by atoms with van der Waals surface area (Å²) >= 11 is 0. The van der Waals surface area contributed by atoms with E-state index in [9.17, 15) is 9.59 Å². The second kappa shape index (κ2) is 9.45. The van der Waals surface area contributed by atoms with Crippen molar-refractivity contribution in [3.05, 3.63) is 102 Å². The largest absolute Gasteiger partial charge is 0.340 e. The zero-order chi connectivity index (χ0) is 21.5. The fraction of sp³-hybridized carbons (Fsp3) is 0.0870. The van der Waals surface area contributed by atoms with E-state index in [4.69, 9.17) is 0 Å². The summed E-state index contributed by atoms with van der Waals surface area (Å²) in [6, 6.07) is 24.8. The minimum Gasteiger partial charge on any atom is -0.340 e. The number of amides is 2. The number of carbonyl (C=O) groups excluding carboxylic acids is 2. The Balaban J connectivity index is 1.49. The Labute approximate surface area is 178 Å². The molecule has 1 aromatic heterocycles. The van der Waals surface area contributed by atoms with Crippen LogP contribution in [0.15, 0.2) is 91.3 Å². The van der Waals surface area contributed by atoms with Crippen LogP contribution in [-0.4, -0.2) is 38.1 Å². The van der Waals surface area contributed by atoms with Gasteiger partial charge in [0.25, 0.3) is 5.91 Å². The molecule has 2 amide bonds. The highest BCUT2D eigenvalue weighted by molar-refractivity contribution is 6.01. The smallest absolute Gasteiger partial charge is 0.251 e. The fourth-order valence-corrected chi connectivity index (χ4v) is 3.10. The Kier molecular flexibility index (Phi) is 6.08. The second-order valence-electron chi connectivity index (χ2n) is 6.87. The van der Waals surface area contributed by atoms with E-state index >= 15 is 0 Å². The van der Waals surface area contributed by atoms with Gasteiger partial charge in [-0.25, -0.2) is 4.68 Å². The number of benzene rings is 3. The van der Waals surface area contributed by atoms with Gasteiger partial charge in [-0.05, 0) is 52.4 Å². The standard InChI is InChI=1S/C23H20N6O2/c30-22(18-9-5-2-6-10-18)26-21(15-17-7-3-1-4-8-17)23(31)25-19-11-13-20(14-12-19)29-16-24-27-28-29/h1-14,16,21H,15H2,(H,25,31)(H,26,30). The van der Waals surface area contributed by atoms with E-state index in [-0.39, 0.29) is 11.8 Å². The van der Waals surface area contributed by atoms with Gasteiger partial charge >= 0.3 is 0 Å². The van der Waals surface area contributed by atoms with E-state index in [1.807, 2.05) is 36.4 Å². The third kappa shape index (κ3) is 5.18. The average molecular weight is 412 g/mol. The lowest BCUT2D eigenvalue weighted by Gasteiger charge is -2.19. The van der Waals surface area contributed by atoms with Crippen LogP contribution in [0.1, 0.15) is 15.9 Å². The number of carbonyl (C=O) groups is 2. The van der Waals surface area contributed by atoms with Crippen LogP contribution in [0, 0.1) is 0 Å². The van der Waals surface area contributed by atoms with Crippen molar-refractivity contribution in [2.45, 2.75) is 12.5 Å². The molecule has 0 radical (unpaired) electrons. The topological polar surface area (TPSA) is 102 Å². The molecule has 1 unspecified atom stereocenters. The van der Waals surface area contributed by atoms with Crippen LogP contribution < -0.4 is 10.6 Å². The molecule has 0 spiro atoms. The summed E-state index contributed by atoms with van der Waals surface area (Å²) in [4.78, 5) is 25.7. The monoisotopic (exact) mass is 412 g/mol. The van der Waals surface area contributed by atoms with Crippen LogP contribution >= 0.6 is 0 Å². The van der Waals surface area contributed by atoms with Crippen molar-refractivity contribution in [3.63, 3.8) is 0 Å². The van der Waals surface area contributed by atoms with E-state index in [1.54, 1.807) is 48.5 Å². The first-order valence-corrected chi connectivity index (χ1v) is 9.73. The van der Waals surface area contributed by atoms with E-state index in [0.29, 0.717) is 17.7 Å². The first-order valence-electron chi connectivity index (χ1n) is 9.73. The number of nitrogens with one attached hydrogen (secondary N) is 2. The van der Waals surface area contributed by atoms with Gasteiger partial charge in [0.2, 0.25) is 5.91 Å². The Morgan fingerprint density at radius 3 is 2.19 bits per heavy atom. The second-order valence-corrected chi connectivity index (χ2v) is 6.87. The maximum Gasteiger partial charge on any atom is 0.251 e. The van der Waals surface area contributed by atoms with E-state index in [1.165, 1.54) is 11.0 Å². The fourth-order valence-electron chi connectivity index (χ4n) is 3.10. The quantitative estimate of drug-likeness (QED) is 0.486. The minimum absolute atomic E-state index is 0.300. The number of aromatic nitrogens is 4. The lowest BCUT2D eigenvalue weighted by Crippen LogP contribution is -2.45. The molecule has 1 heterocycles. The Bertz CT molecular complexity index is 1130. The summed E-state index contributed by atoms with van der Waals surface area (Å²) in [6.45, 7) is 0. The Hall–Kier alpha value is -4.33. The van der Waals surface area contributed by atoms with Gasteiger partial charge in [-0.3, -0.25) is 9.59 Å². The molecule has 3 aromatic carbocycles. The molecule has 4 rings (SSSR count). The summed E-state index contributed by atoms with van der Waals surface area (Å²) in [7, 11) is 0. The van der Waals surface area contributed by atoms with Gasteiger partial charge in [-0.15, -0.1) is 5.10 Å². The van der Waals surface area contributed by atoms with Gasteiger partial charge in [0, 0.05) is 17.7 Å². The number of nitrogens with zero attached hydrogens (tertiary/aromatic N) is 4. The van der Waals surface area contributed by atoms with E-state index < -0.39 is 6.04 Å². The molecule has 4 aromatic rings. The summed E-state index contributed by atoms with van der Waals surface area (Å²) in [6.07, 6.45) is 1.86. The van der Waals surface area contributed by atoms with Crippen molar-refractivity contribution in [2.75, 3.05) is 5.32 Å². The molecule has 0 saturated carbocycles. The number of anilines is 1. The number of tetrazole rings is 1. The summed E-state index contributed by atoms with van der Waals surface area (Å²) in [5, 5.41) is 16.8. The van der Waals surface area contributed by atoms with Crippen LogP contribution in [0.5, 0.6) is 0 Å². The van der Waals surface area contributed by atoms with E-state index in [0.717, 1.165) is 11.3 Å². The van der Waals surface area contributed by atoms with Crippen molar-refractivity contribution >= 4 is 17.5 Å². The lowest BCUT2D eigenvalue weighted by atomic mass is 10.0. The zero-order valence-electron chi connectivity index (χ0n) is 16.6. The molecular weight excluding hydrogens is 392 g/mol. The molecule has 8 heteroatoms. The van der Waals surface area contributed by atoms with Crippen LogP contribution in [0.3, 0.4) is 0 Å². The van der Waals surface area contributed by atoms with Crippen molar-refractivity contribution < 1.29 is 9.59 Å². The molecule has 0 aliphatic rings. The predicted molar refractivity (Wildman–Crippen MR) is 116 cm³/mol. The summed E-state index contributed by atoms with van der Waals surface area (Å²) in [5.41, 5.74) is 2.82. The van der Waals surface area contributed by atoms with Crippen molar-refractivity contribution in [1.29, 1.82) is 0 Å². The molecule has 8 nitrogen and oxygen atoms in total. The predicted octanol–water partition coefficient (Wildman–Crippen LogP) is 2.64. The molecule has 0 saturated heterocycles. The van der Waals surface area contributed by atoms with Gasteiger partial charge in [0.1, 0.15) is 12.4 Å². The highest BCUT2D eigenvalue weighted by Crippen LogP contribution is 2.13. The van der Waals surface area contributed by atoms with Gasteiger partial charge in [-0.2, -0.15) is 0 Å². The van der Waals surface area contributed by atoms with Crippen LogP contribution in [0.25, 0.3) is 5.69 Å². The third-order valence-electron chi connectivity index (χ3n) is 4.69. The van der Waals surface area contributed by atoms with Gasteiger partial charge in [0.15, 0.2) is 0 Å². The molecule has 0 bridgehead atoms. The van der Waals surface area contributed by atoms with Crippen LogP contribution in [0.4, 0.5) is 5.69 Å². The van der Waals surface area contributed by atoms with Gasteiger partial charge in [-0.1, -0.05) is 48.5 Å². The molecule has 2 N–H and O–H groups in total. The van der Waals surface area contributed by atoms with Gasteiger partial charge < -0.3 is 10.6 Å². The van der Waals surface area contributed by atoms with Crippen molar-refractivity contribution in [3.8, 4) is 5.69 Å². The maximum atomic E-state index is 13.0. The zero-order valence-corrected chi connectivity index (χ0v) is 16.6. The first-order chi connectivity index (χ1) is 15.2. The first kappa shape index (κ1) is 20.0. The summed E-state index contributed by atoms with van der Waals surface area (Å²) in [5.74, 6) is -0.603. The average Bonchev–Trinajstić information content (AvgIpc) is 3.35. The van der Waals surface area contributed by atoms with E-state index in [2.05, 4.69) is 26.2 Å². The van der Waals surface area contributed by atoms with Crippen molar-refractivity contribution in [1.82, 2.24) is 25.5 Å². The SMILES string of the molecule is O=C(NC(Cc1ccccc1)C(=O)Nc1ccc(-n2cnnn2)cc1)c1ccccc1. The number of rotatable bonds is 7. The molecule has 154 valence electrons. The molecule has 0 aliphatic heterocycles. The normalized spacial score (nSPS) is 11.5. The molecular formula is C23H20N6O2. The maximum absolute atomic E-state index is 13.0. The lowest BCUT2D eigenvalue weighted by molar-refractivity contribution is -0.118. The minimum atomic E-state index is -0.741. The molecule has 0 aliphatic carbocycles. The number of hydrogen-bond donors (Lipinski definition) is 2. The molecule has 0 fully saturated rings. The van der Waals surface area contributed by atoms with Crippen LogP contribution in [0.2, 0.25) is 0 Å². The highest BCUT2D eigenvalue weighted by Gasteiger charge is 2.22. The molecule has 31 heavy (non-hydrogen) atoms. The Morgan fingerprint density at radius 1 is 0.871 bits per heavy atom. The van der Waals surface area contributed by atoms with Crippen molar-refractivity contribution in [2.24, 2.45) is 0 Å². The van der Waals surface area contributed by atoms with Crippen LogP contribution in [-0.2, 0) is 11.2 Å². The highest BCUT2D eigenvalue weighted by atomic mass is 16.2. The third-order valence-corrected chi connectivity index (χ3v) is 4.69. The number of hydrogen-bond acceptors (Lipinski definition) is 5. The Morgan fingerprint density at radius 2 is 1.55 bits per heavy atom.